The first-order chi connectivity index (χ1) is 21.8. The van der Waals surface area contributed by atoms with Gasteiger partial charge in [0.05, 0.1) is 13.7 Å². The number of para-hydroxylation sites is 1. The Balaban J connectivity index is 1.79. The predicted octanol–water partition coefficient (Wildman–Crippen LogP) is 7.28. The van der Waals surface area contributed by atoms with Crippen molar-refractivity contribution in [3.8, 4) is 5.75 Å². The van der Waals surface area contributed by atoms with Crippen LogP contribution in [0, 0.1) is 0 Å². The molecule has 0 N–H and O–H groups in total. The lowest BCUT2D eigenvalue weighted by Gasteiger charge is -2.47. The van der Waals surface area contributed by atoms with Crippen LogP contribution >= 0.6 is 0 Å². The second kappa shape index (κ2) is 13.9. The fourth-order valence-corrected chi connectivity index (χ4v) is 5.87. The van der Waals surface area contributed by atoms with E-state index in [-0.39, 0.29) is 11.7 Å². The number of amides is 1. The van der Waals surface area contributed by atoms with Crippen LogP contribution in [0.2, 0.25) is 0 Å². The molecule has 0 spiro atoms. The van der Waals surface area contributed by atoms with Crippen molar-refractivity contribution >= 4 is 17.8 Å². The van der Waals surface area contributed by atoms with Gasteiger partial charge >= 0.3 is 11.9 Å². The number of benzene rings is 4. The van der Waals surface area contributed by atoms with Crippen LogP contribution in [0.5, 0.6) is 5.75 Å². The summed E-state index contributed by atoms with van der Waals surface area (Å²) in [5.41, 5.74) is 3.83. The van der Waals surface area contributed by atoms with E-state index in [9.17, 15) is 9.59 Å². The molecule has 5 rings (SSSR count). The van der Waals surface area contributed by atoms with E-state index in [4.69, 9.17) is 4.74 Å². The maximum atomic E-state index is 15.5. The summed E-state index contributed by atoms with van der Waals surface area (Å²) >= 11 is 0. The molecule has 0 fully saturated rings. The van der Waals surface area contributed by atoms with Crippen molar-refractivity contribution in [3.63, 3.8) is 0 Å². The molecule has 1 amide bonds. The number of nitrogens with zero attached hydrogens (tertiary/aromatic N) is 1. The number of rotatable bonds is 9. The Morgan fingerprint density at radius 3 is 1.87 bits per heavy atom. The van der Waals surface area contributed by atoms with Gasteiger partial charge in [-0.15, -0.1) is 0 Å². The number of esters is 2. The number of methoxy groups -OCH3 is 1. The lowest BCUT2D eigenvalue weighted by Crippen LogP contribution is -2.53. The van der Waals surface area contributed by atoms with Crippen LogP contribution in [0.15, 0.2) is 151 Å². The smallest absolute Gasteiger partial charge is 0.336 e. The first-order valence-corrected chi connectivity index (χ1v) is 14.7. The first-order valence-electron chi connectivity index (χ1n) is 14.7. The molecule has 1 heterocycles. The van der Waals surface area contributed by atoms with Crippen molar-refractivity contribution in [2.24, 2.45) is 0 Å². The minimum Gasteiger partial charge on any atom is -0.466 e. The summed E-state index contributed by atoms with van der Waals surface area (Å²) in [6.07, 6.45) is 6.17. The molecule has 45 heavy (non-hydrogen) atoms. The highest BCUT2D eigenvalue weighted by atomic mass is 16.5. The van der Waals surface area contributed by atoms with Crippen LogP contribution in [0.1, 0.15) is 42.0 Å². The summed E-state index contributed by atoms with van der Waals surface area (Å²) in [7, 11) is 1.23. The lowest BCUT2D eigenvalue weighted by molar-refractivity contribution is -0.136. The van der Waals surface area contributed by atoms with E-state index in [1.165, 1.54) is 7.11 Å². The summed E-state index contributed by atoms with van der Waals surface area (Å²) in [6, 6.07) is 36.7. The Labute approximate surface area is 263 Å². The second-order valence-corrected chi connectivity index (χ2v) is 11.0. The molecule has 0 bridgehead atoms. The molecule has 6 heteroatoms. The van der Waals surface area contributed by atoms with E-state index in [0.717, 1.165) is 40.1 Å². The third-order valence-electron chi connectivity index (χ3n) is 7.80. The Kier molecular flexibility index (Phi) is 9.54. The normalized spacial score (nSPS) is 15.7. The van der Waals surface area contributed by atoms with Crippen molar-refractivity contribution in [1.29, 1.82) is 0 Å². The molecule has 1 atom stereocenters. The van der Waals surface area contributed by atoms with Gasteiger partial charge in [-0.1, -0.05) is 121 Å². The SMILES string of the molecule is COC(=O)/C=C/C(=O)Oc1ccccc1C1C=C(C=C(C)C)N(Cc2ccccc2)C(=O)C1(c1ccccc1)c1ccccc1. The number of carbonyl (C=O) groups excluding carboxylic acids is 3. The van der Waals surface area contributed by atoms with Crippen LogP contribution in [-0.2, 0) is 31.1 Å². The van der Waals surface area contributed by atoms with E-state index in [1.54, 1.807) is 12.1 Å². The molecule has 4 aromatic rings. The Bertz CT molecular complexity index is 1710. The van der Waals surface area contributed by atoms with Gasteiger partial charge in [0, 0.05) is 29.3 Å². The summed E-state index contributed by atoms with van der Waals surface area (Å²) in [4.78, 5) is 41.8. The minimum atomic E-state index is -1.22. The molecule has 4 aromatic carbocycles. The topological polar surface area (TPSA) is 72.9 Å². The molecule has 0 saturated carbocycles. The van der Waals surface area contributed by atoms with E-state index < -0.39 is 23.3 Å². The van der Waals surface area contributed by atoms with E-state index >= 15 is 4.79 Å². The zero-order chi connectivity index (χ0) is 31.8. The molecule has 1 unspecified atom stereocenters. The van der Waals surface area contributed by atoms with Gasteiger partial charge in [0.2, 0.25) is 5.91 Å². The molecular weight excluding hydrogens is 562 g/mol. The van der Waals surface area contributed by atoms with Crippen LogP contribution in [0.4, 0.5) is 0 Å². The van der Waals surface area contributed by atoms with Gasteiger partial charge < -0.3 is 14.4 Å². The van der Waals surface area contributed by atoms with Gasteiger partial charge in [0.25, 0.3) is 0 Å². The van der Waals surface area contributed by atoms with Crippen molar-refractivity contribution < 1.29 is 23.9 Å². The van der Waals surface area contributed by atoms with E-state index in [1.807, 2.05) is 128 Å². The van der Waals surface area contributed by atoms with Gasteiger partial charge in [-0.3, -0.25) is 4.79 Å². The predicted molar refractivity (Wildman–Crippen MR) is 174 cm³/mol. The van der Waals surface area contributed by atoms with Crippen molar-refractivity contribution in [1.82, 2.24) is 4.90 Å². The zero-order valence-corrected chi connectivity index (χ0v) is 25.6. The quantitative estimate of drug-likeness (QED) is 0.115. The number of hydrogen-bond donors (Lipinski definition) is 0. The average Bonchev–Trinajstić information content (AvgIpc) is 3.06. The second-order valence-electron chi connectivity index (χ2n) is 11.0. The summed E-state index contributed by atoms with van der Waals surface area (Å²) in [6.45, 7) is 4.37. The largest absolute Gasteiger partial charge is 0.466 e. The molecule has 0 aromatic heterocycles. The number of hydrogen-bond acceptors (Lipinski definition) is 5. The fourth-order valence-electron chi connectivity index (χ4n) is 5.87. The minimum absolute atomic E-state index is 0.101. The first kappa shape index (κ1) is 31.0. The maximum Gasteiger partial charge on any atom is 0.336 e. The highest BCUT2D eigenvalue weighted by Gasteiger charge is 2.54. The molecule has 1 aliphatic rings. The van der Waals surface area contributed by atoms with Crippen molar-refractivity contribution in [2.45, 2.75) is 31.7 Å². The summed E-state index contributed by atoms with van der Waals surface area (Å²) < 4.78 is 10.4. The van der Waals surface area contributed by atoms with Gasteiger partial charge in [-0.2, -0.15) is 0 Å². The van der Waals surface area contributed by atoms with E-state index in [0.29, 0.717) is 12.1 Å². The molecule has 226 valence electrons. The standard InChI is InChI=1S/C39H35NO5/c1-28(2)25-32-26-34(33-21-13-14-22-35(33)45-37(42)24-23-36(41)44-3)39(30-17-9-5-10-18-30,31-19-11-6-12-20-31)38(43)40(32)27-29-15-7-4-8-16-29/h4-26,34H,27H2,1-3H3/b24-23+. The van der Waals surface area contributed by atoms with Gasteiger partial charge in [0.1, 0.15) is 11.2 Å². The number of carbonyl (C=O) groups is 3. The molecule has 1 aliphatic heterocycles. The van der Waals surface area contributed by atoms with Crippen LogP contribution in [-0.4, -0.2) is 29.9 Å². The third kappa shape index (κ3) is 6.55. The summed E-state index contributed by atoms with van der Waals surface area (Å²) in [5, 5.41) is 0. The summed E-state index contributed by atoms with van der Waals surface area (Å²) in [5.74, 6) is -1.80. The van der Waals surface area contributed by atoms with Gasteiger partial charge in [-0.05, 0) is 42.7 Å². The van der Waals surface area contributed by atoms with E-state index in [2.05, 4.69) is 10.8 Å². The molecule has 0 radical (unpaired) electrons. The van der Waals surface area contributed by atoms with Crippen molar-refractivity contribution in [3.05, 3.63) is 173 Å². The van der Waals surface area contributed by atoms with Crippen LogP contribution in [0.3, 0.4) is 0 Å². The third-order valence-corrected chi connectivity index (χ3v) is 7.80. The van der Waals surface area contributed by atoms with Crippen LogP contribution < -0.4 is 4.74 Å². The number of allylic oxidation sites excluding steroid dienone is 3. The Morgan fingerprint density at radius 2 is 1.29 bits per heavy atom. The van der Waals surface area contributed by atoms with Crippen LogP contribution in [0.25, 0.3) is 0 Å². The zero-order valence-electron chi connectivity index (χ0n) is 25.6. The Morgan fingerprint density at radius 1 is 0.756 bits per heavy atom. The van der Waals surface area contributed by atoms with Gasteiger partial charge in [0.15, 0.2) is 0 Å². The Hall–Kier alpha value is -5.49. The van der Waals surface area contributed by atoms with Crippen molar-refractivity contribution in [2.75, 3.05) is 7.11 Å². The highest BCUT2D eigenvalue weighted by molar-refractivity contribution is 5.97. The fraction of sp³-hybridized carbons (Fsp3) is 0.154. The maximum absolute atomic E-state index is 15.5. The average molecular weight is 598 g/mol. The highest BCUT2D eigenvalue weighted by Crippen LogP contribution is 2.52. The number of ether oxygens (including phenoxy) is 2. The molecule has 6 nitrogen and oxygen atoms in total. The molecule has 0 saturated heterocycles. The lowest BCUT2D eigenvalue weighted by atomic mass is 9.60. The molecule has 0 aliphatic carbocycles. The monoisotopic (exact) mass is 597 g/mol. The van der Waals surface area contributed by atoms with Gasteiger partial charge in [-0.25, -0.2) is 9.59 Å². The molecular formula is C39H35NO5.